The van der Waals surface area contributed by atoms with Crippen LogP contribution in [-0.2, 0) is 18.9 Å². The van der Waals surface area contributed by atoms with Crippen molar-refractivity contribution in [2.75, 3.05) is 19.8 Å². The molecule has 0 aliphatic carbocycles. The lowest BCUT2D eigenvalue weighted by Gasteiger charge is -2.41. The van der Waals surface area contributed by atoms with E-state index in [0.29, 0.717) is 6.42 Å². The van der Waals surface area contributed by atoms with Gasteiger partial charge in [-0.15, -0.1) is 6.58 Å². The van der Waals surface area contributed by atoms with Crippen molar-refractivity contribution in [1.82, 2.24) is 0 Å². The molecule has 29 heavy (non-hydrogen) atoms. The zero-order valence-corrected chi connectivity index (χ0v) is 16.7. The van der Waals surface area contributed by atoms with E-state index >= 15 is 0 Å². The zero-order chi connectivity index (χ0) is 21.6. The normalized spacial score (nSPS) is 41.4. The van der Waals surface area contributed by atoms with Gasteiger partial charge in [0.05, 0.1) is 25.9 Å². The predicted molar refractivity (Wildman–Crippen MR) is 99.6 cm³/mol. The number of unbranched alkanes of at least 4 members (excludes halogenated alkanes) is 2. The molecule has 0 bridgehead atoms. The quantitative estimate of drug-likeness (QED) is 0.169. The highest BCUT2D eigenvalue weighted by Gasteiger charge is 2.50. The molecule has 6 N–H and O–H groups in total. The summed E-state index contributed by atoms with van der Waals surface area (Å²) in [6.07, 6.45) is -4.70. The fourth-order valence-corrected chi connectivity index (χ4v) is 3.30. The predicted octanol–water partition coefficient (Wildman–Crippen LogP) is -1.60. The Hall–Kier alpha value is -0.660. The fourth-order valence-electron chi connectivity index (χ4n) is 3.30. The lowest BCUT2D eigenvalue weighted by Crippen LogP contribution is -2.60. The number of hydrogen-bond acceptors (Lipinski definition) is 10. The van der Waals surface area contributed by atoms with Crippen LogP contribution in [0.5, 0.6) is 0 Å². The molecule has 0 aromatic rings. The van der Waals surface area contributed by atoms with Crippen molar-refractivity contribution in [1.29, 1.82) is 0 Å². The highest BCUT2D eigenvalue weighted by atomic mass is 16.7. The number of aliphatic hydroxyl groups excluding tert-OH is 5. The Bertz CT molecular complexity index is 505. The first-order chi connectivity index (χ1) is 13.8. The molecule has 2 aliphatic rings. The maximum atomic E-state index is 10.2. The van der Waals surface area contributed by atoms with Crippen LogP contribution < -0.4 is 0 Å². The highest BCUT2D eigenvalue weighted by molar-refractivity contribution is 4.95. The fraction of sp³-hybridized carbons (Fsp3) is 0.895. The van der Waals surface area contributed by atoms with Crippen LogP contribution >= 0.6 is 0 Å². The van der Waals surface area contributed by atoms with E-state index in [2.05, 4.69) is 13.5 Å². The largest absolute Gasteiger partial charge is 0.393 e. The zero-order valence-electron chi connectivity index (χ0n) is 16.7. The van der Waals surface area contributed by atoms with Crippen LogP contribution in [0, 0.1) is 0 Å². The summed E-state index contributed by atoms with van der Waals surface area (Å²) in [6, 6.07) is 0. The second kappa shape index (κ2) is 11.1. The van der Waals surface area contributed by atoms with E-state index in [-0.39, 0.29) is 13.2 Å². The van der Waals surface area contributed by atoms with E-state index in [1.807, 2.05) is 0 Å². The molecule has 0 unspecified atom stereocenters. The summed E-state index contributed by atoms with van der Waals surface area (Å²) in [7, 11) is 0. The number of aliphatic hydroxyl groups is 6. The molecular formula is C19H34O10. The van der Waals surface area contributed by atoms with E-state index in [9.17, 15) is 25.5 Å². The third-order valence-corrected chi connectivity index (χ3v) is 5.34. The number of rotatable bonds is 11. The van der Waals surface area contributed by atoms with Gasteiger partial charge in [-0.25, -0.2) is 0 Å². The van der Waals surface area contributed by atoms with Crippen molar-refractivity contribution in [2.45, 2.75) is 87.4 Å². The average Bonchev–Trinajstić information content (AvgIpc) is 3.01. The summed E-state index contributed by atoms with van der Waals surface area (Å²) in [4.78, 5) is 0. The Balaban J connectivity index is 1.93. The average molecular weight is 422 g/mol. The molecule has 9 atom stereocenters. The molecule has 2 aliphatic heterocycles. The van der Waals surface area contributed by atoms with Gasteiger partial charge in [-0.05, 0) is 6.42 Å². The summed E-state index contributed by atoms with van der Waals surface area (Å²) < 4.78 is 21.8. The van der Waals surface area contributed by atoms with Gasteiger partial charge in [0, 0.05) is 0 Å². The molecule has 2 rings (SSSR count). The topological polar surface area (TPSA) is 158 Å². The minimum Gasteiger partial charge on any atom is -0.393 e. The van der Waals surface area contributed by atoms with Crippen molar-refractivity contribution in [2.24, 2.45) is 0 Å². The number of ether oxygens (including phenoxy) is 4. The van der Waals surface area contributed by atoms with Gasteiger partial charge < -0.3 is 49.6 Å². The van der Waals surface area contributed by atoms with Crippen LogP contribution in [-0.4, -0.2) is 105 Å². The second-order valence-corrected chi connectivity index (χ2v) is 7.64. The Labute approximate surface area is 170 Å². The molecule has 0 radical (unpaired) electrons. The van der Waals surface area contributed by atoms with Crippen molar-refractivity contribution in [3.8, 4) is 0 Å². The van der Waals surface area contributed by atoms with E-state index in [4.69, 9.17) is 24.1 Å². The Kier molecular flexibility index (Phi) is 9.42. The van der Waals surface area contributed by atoms with Gasteiger partial charge in [-0.1, -0.05) is 32.3 Å². The Morgan fingerprint density at radius 3 is 2.45 bits per heavy atom. The number of hydrogen-bond donors (Lipinski definition) is 6. The molecule has 0 aromatic heterocycles. The summed E-state index contributed by atoms with van der Waals surface area (Å²) in [6.45, 7) is 4.44. The molecular weight excluding hydrogens is 388 g/mol. The lowest BCUT2D eigenvalue weighted by molar-refractivity contribution is -0.315. The van der Waals surface area contributed by atoms with Gasteiger partial charge in [0.25, 0.3) is 0 Å². The molecule has 0 saturated carbocycles. The molecule has 0 aromatic carbocycles. The van der Waals surface area contributed by atoms with Gasteiger partial charge in [0.2, 0.25) is 0 Å². The highest BCUT2D eigenvalue weighted by Crippen LogP contribution is 2.28. The standard InChI is InChI=1S/C19H34O10/c1-3-5-6-7-11(4-2)28-17-15(23)14(22)13(21)12(29-17)8-26-18-16(24)19(25,9-20)10-27-18/h4,11-18,20-25H,2-3,5-10H2,1H3/t11-,12-,13-,14+,15-,16+,17-,18-,19-/m1/s1. The first-order valence-electron chi connectivity index (χ1n) is 9.99. The minimum atomic E-state index is -1.84. The van der Waals surface area contributed by atoms with Crippen molar-refractivity contribution >= 4 is 0 Å². The second-order valence-electron chi connectivity index (χ2n) is 7.64. The molecule has 0 amide bonds. The molecule has 170 valence electrons. The van der Waals surface area contributed by atoms with Gasteiger partial charge in [-0.3, -0.25) is 0 Å². The van der Waals surface area contributed by atoms with Crippen molar-refractivity contribution < 1.29 is 49.6 Å². The minimum absolute atomic E-state index is 0.317. The maximum absolute atomic E-state index is 10.2. The summed E-state index contributed by atoms with van der Waals surface area (Å²) in [5.74, 6) is 0. The molecule has 2 saturated heterocycles. The van der Waals surface area contributed by atoms with Crippen LogP contribution in [0.25, 0.3) is 0 Å². The van der Waals surface area contributed by atoms with Crippen LogP contribution in [0.15, 0.2) is 12.7 Å². The van der Waals surface area contributed by atoms with Crippen LogP contribution in [0.3, 0.4) is 0 Å². The Morgan fingerprint density at radius 2 is 1.86 bits per heavy atom. The molecule has 10 nitrogen and oxygen atoms in total. The third kappa shape index (κ3) is 5.95. The monoisotopic (exact) mass is 422 g/mol. The third-order valence-electron chi connectivity index (χ3n) is 5.34. The van der Waals surface area contributed by atoms with Gasteiger partial charge in [0.1, 0.15) is 36.1 Å². The summed E-state index contributed by atoms with van der Waals surface area (Å²) in [5, 5.41) is 59.7. The molecule has 0 spiro atoms. The van der Waals surface area contributed by atoms with Gasteiger partial charge >= 0.3 is 0 Å². The lowest BCUT2D eigenvalue weighted by atomic mass is 9.99. The summed E-state index contributed by atoms with van der Waals surface area (Å²) >= 11 is 0. The first kappa shape index (κ1) is 24.6. The maximum Gasteiger partial charge on any atom is 0.187 e. The van der Waals surface area contributed by atoms with Gasteiger partial charge in [-0.2, -0.15) is 0 Å². The SMILES string of the molecule is C=C[C@H](CCCCC)O[C@@H]1O[C@H](CO[C@@H]2OC[C@](O)(CO)[C@H]2O)[C@@H](O)[C@H](O)[C@H]1O. The van der Waals surface area contributed by atoms with E-state index in [1.165, 1.54) is 0 Å². The molecule has 10 heteroatoms. The van der Waals surface area contributed by atoms with Gasteiger partial charge in [0.15, 0.2) is 12.6 Å². The smallest absolute Gasteiger partial charge is 0.187 e. The summed E-state index contributed by atoms with van der Waals surface area (Å²) in [5.41, 5.74) is -1.84. The van der Waals surface area contributed by atoms with E-state index in [0.717, 1.165) is 19.3 Å². The Morgan fingerprint density at radius 1 is 1.14 bits per heavy atom. The van der Waals surface area contributed by atoms with E-state index < -0.39 is 61.4 Å². The van der Waals surface area contributed by atoms with Crippen molar-refractivity contribution in [3.63, 3.8) is 0 Å². The van der Waals surface area contributed by atoms with Crippen LogP contribution in [0.1, 0.15) is 32.6 Å². The van der Waals surface area contributed by atoms with Crippen LogP contribution in [0.2, 0.25) is 0 Å². The van der Waals surface area contributed by atoms with Crippen LogP contribution in [0.4, 0.5) is 0 Å². The first-order valence-corrected chi connectivity index (χ1v) is 9.99. The van der Waals surface area contributed by atoms with Crippen molar-refractivity contribution in [3.05, 3.63) is 12.7 Å². The molecule has 2 heterocycles. The molecule has 2 fully saturated rings. The van der Waals surface area contributed by atoms with E-state index in [1.54, 1.807) is 6.08 Å².